The first-order valence-corrected chi connectivity index (χ1v) is 11.5. The minimum atomic E-state index is -0.583. The average Bonchev–Trinajstić information content (AvgIpc) is 2.80. The molecule has 0 bridgehead atoms. The minimum absolute atomic E-state index is 0.103. The molecule has 2 heterocycles. The number of ketones is 1. The maximum absolute atomic E-state index is 14.6. The number of aromatic nitrogens is 4. The van der Waals surface area contributed by atoms with Gasteiger partial charge in [-0.3, -0.25) is 9.59 Å². The summed E-state index contributed by atoms with van der Waals surface area (Å²) < 4.78 is 20.3. The number of amides is 1. The van der Waals surface area contributed by atoms with Gasteiger partial charge >= 0.3 is 6.01 Å². The van der Waals surface area contributed by atoms with E-state index in [1.165, 1.54) is 12.1 Å². The van der Waals surface area contributed by atoms with Crippen LogP contribution in [0, 0.1) is 33.5 Å². The number of benzene rings is 1. The molecule has 1 amide bonds. The molecule has 35 heavy (non-hydrogen) atoms. The summed E-state index contributed by atoms with van der Waals surface area (Å²) in [6, 6.07) is 2.47. The summed E-state index contributed by atoms with van der Waals surface area (Å²) in [5, 5.41) is 2.67. The monoisotopic (exact) mass is 479 g/mol. The standard InChI is InChI=1S/C26H30FN5O3/c1-7-24(34)30-15(3)23(33)9-8-19-10-20(27)11-22(14(19)2)25-16(4)31-26(32-17(25)5)35-21-12-28-18(6)29-13-21/h10-13,15H,7-9H2,1-6H3,(H,30,34). The molecule has 0 aliphatic rings. The van der Waals surface area contributed by atoms with Gasteiger partial charge < -0.3 is 10.1 Å². The summed E-state index contributed by atoms with van der Waals surface area (Å²) in [7, 11) is 0. The molecule has 8 nitrogen and oxygen atoms in total. The number of Topliss-reactive ketones (excluding diaryl/α,β-unsaturated/α-hetero) is 1. The Kier molecular flexibility index (Phi) is 8.22. The predicted molar refractivity (Wildman–Crippen MR) is 130 cm³/mol. The Bertz CT molecular complexity index is 1220. The first-order chi connectivity index (χ1) is 16.6. The third-order valence-electron chi connectivity index (χ3n) is 5.79. The molecule has 0 spiro atoms. The number of hydrogen-bond acceptors (Lipinski definition) is 7. The topological polar surface area (TPSA) is 107 Å². The molecule has 1 atom stereocenters. The van der Waals surface area contributed by atoms with Crippen LogP contribution in [0.3, 0.4) is 0 Å². The molecule has 1 aromatic carbocycles. The SMILES string of the molecule is CCC(=O)NC(C)C(=O)CCc1cc(F)cc(-c2c(C)nc(Oc3cnc(C)nc3)nc2C)c1C. The molecule has 0 radical (unpaired) electrons. The van der Waals surface area contributed by atoms with Gasteiger partial charge in [0, 0.05) is 18.4 Å². The highest BCUT2D eigenvalue weighted by molar-refractivity contribution is 5.88. The van der Waals surface area contributed by atoms with E-state index >= 15 is 0 Å². The fraction of sp³-hybridized carbons (Fsp3) is 0.385. The van der Waals surface area contributed by atoms with Crippen LogP contribution in [0.4, 0.5) is 4.39 Å². The highest BCUT2D eigenvalue weighted by atomic mass is 19.1. The lowest BCUT2D eigenvalue weighted by atomic mass is 9.91. The summed E-state index contributed by atoms with van der Waals surface area (Å²) in [5.41, 5.74) is 4.21. The van der Waals surface area contributed by atoms with Crippen LogP contribution in [-0.4, -0.2) is 37.7 Å². The number of ether oxygens (including phenoxy) is 1. The fourth-order valence-corrected chi connectivity index (χ4v) is 3.81. The zero-order valence-electron chi connectivity index (χ0n) is 20.9. The summed E-state index contributed by atoms with van der Waals surface area (Å²) in [4.78, 5) is 41.2. The first kappa shape index (κ1) is 25.9. The number of carbonyl (C=O) groups excluding carboxylic acids is 2. The van der Waals surface area contributed by atoms with Gasteiger partial charge in [0.2, 0.25) is 5.91 Å². The average molecular weight is 480 g/mol. The van der Waals surface area contributed by atoms with Gasteiger partial charge in [-0.25, -0.2) is 14.4 Å². The Balaban J connectivity index is 1.85. The smallest absolute Gasteiger partial charge is 0.322 e. The van der Waals surface area contributed by atoms with Crippen molar-refractivity contribution in [3.8, 4) is 22.9 Å². The second-order valence-electron chi connectivity index (χ2n) is 8.47. The Morgan fingerprint density at radius 3 is 2.29 bits per heavy atom. The quantitative estimate of drug-likeness (QED) is 0.481. The van der Waals surface area contributed by atoms with Crippen molar-refractivity contribution in [3.63, 3.8) is 0 Å². The summed E-state index contributed by atoms with van der Waals surface area (Å²) in [6.07, 6.45) is 3.95. The molecule has 9 heteroatoms. The third kappa shape index (κ3) is 6.44. The van der Waals surface area contributed by atoms with E-state index in [-0.39, 0.29) is 24.1 Å². The van der Waals surface area contributed by atoms with Crippen molar-refractivity contribution in [2.24, 2.45) is 0 Å². The van der Waals surface area contributed by atoms with Crippen molar-refractivity contribution in [1.29, 1.82) is 0 Å². The Morgan fingerprint density at radius 2 is 1.69 bits per heavy atom. The van der Waals surface area contributed by atoms with Crippen LogP contribution in [0.15, 0.2) is 24.5 Å². The predicted octanol–water partition coefficient (Wildman–Crippen LogP) is 4.52. The lowest BCUT2D eigenvalue weighted by Crippen LogP contribution is -2.38. The lowest BCUT2D eigenvalue weighted by molar-refractivity contribution is -0.127. The summed E-state index contributed by atoms with van der Waals surface area (Å²) in [5.74, 6) is 0.356. The summed E-state index contributed by atoms with van der Waals surface area (Å²) >= 11 is 0. The maximum atomic E-state index is 14.6. The van der Waals surface area contributed by atoms with Gasteiger partial charge in [-0.15, -0.1) is 0 Å². The maximum Gasteiger partial charge on any atom is 0.322 e. The number of aryl methyl sites for hydroxylation is 4. The van der Waals surface area contributed by atoms with Gasteiger partial charge in [-0.2, -0.15) is 9.97 Å². The zero-order valence-corrected chi connectivity index (χ0v) is 20.9. The molecule has 0 aliphatic heterocycles. The van der Waals surface area contributed by atoms with E-state index < -0.39 is 11.9 Å². The zero-order chi connectivity index (χ0) is 25.7. The van der Waals surface area contributed by atoms with Gasteiger partial charge in [0.05, 0.1) is 29.8 Å². The molecule has 2 aromatic heterocycles. The van der Waals surface area contributed by atoms with Crippen molar-refractivity contribution >= 4 is 11.7 Å². The second-order valence-corrected chi connectivity index (χ2v) is 8.47. The van der Waals surface area contributed by atoms with E-state index in [0.29, 0.717) is 46.9 Å². The highest BCUT2D eigenvalue weighted by Gasteiger charge is 2.19. The fourth-order valence-electron chi connectivity index (χ4n) is 3.81. The van der Waals surface area contributed by atoms with Crippen LogP contribution in [0.5, 0.6) is 11.8 Å². The van der Waals surface area contributed by atoms with Gasteiger partial charge in [-0.05, 0) is 69.9 Å². The van der Waals surface area contributed by atoms with Crippen molar-refractivity contribution in [3.05, 3.63) is 58.7 Å². The minimum Gasteiger partial charge on any atom is -0.421 e. The van der Waals surface area contributed by atoms with E-state index in [9.17, 15) is 14.0 Å². The van der Waals surface area contributed by atoms with Crippen LogP contribution >= 0.6 is 0 Å². The Morgan fingerprint density at radius 1 is 1.06 bits per heavy atom. The van der Waals surface area contributed by atoms with E-state index in [0.717, 1.165) is 11.1 Å². The van der Waals surface area contributed by atoms with Gasteiger partial charge in [0.15, 0.2) is 11.5 Å². The molecular formula is C26H30FN5O3. The van der Waals surface area contributed by atoms with Crippen LogP contribution in [0.25, 0.3) is 11.1 Å². The van der Waals surface area contributed by atoms with E-state index in [1.54, 1.807) is 33.2 Å². The number of nitrogens with zero attached hydrogens (tertiary/aromatic N) is 4. The molecule has 0 saturated carbocycles. The molecule has 3 rings (SSSR count). The normalized spacial score (nSPS) is 11.7. The van der Waals surface area contributed by atoms with Crippen molar-refractivity contribution in [1.82, 2.24) is 25.3 Å². The van der Waals surface area contributed by atoms with Crippen molar-refractivity contribution in [2.45, 2.75) is 66.8 Å². The van der Waals surface area contributed by atoms with Crippen LogP contribution in [0.2, 0.25) is 0 Å². The molecule has 1 N–H and O–H groups in total. The van der Waals surface area contributed by atoms with Crippen LogP contribution in [0.1, 0.15) is 55.0 Å². The number of carbonyl (C=O) groups is 2. The number of rotatable bonds is 9. The molecule has 1 unspecified atom stereocenters. The van der Waals surface area contributed by atoms with Crippen LogP contribution < -0.4 is 10.1 Å². The molecule has 0 fully saturated rings. The Labute approximate surface area is 204 Å². The lowest BCUT2D eigenvalue weighted by Gasteiger charge is -2.17. The third-order valence-corrected chi connectivity index (χ3v) is 5.79. The second kappa shape index (κ2) is 11.1. The van der Waals surface area contributed by atoms with Gasteiger partial charge in [0.1, 0.15) is 11.6 Å². The largest absolute Gasteiger partial charge is 0.421 e. The molecule has 184 valence electrons. The number of halogens is 1. The van der Waals surface area contributed by atoms with Gasteiger partial charge in [-0.1, -0.05) is 6.92 Å². The van der Waals surface area contributed by atoms with E-state index in [1.807, 2.05) is 20.8 Å². The molecule has 0 aliphatic carbocycles. The molecular weight excluding hydrogens is 449 g/mol. The van der Waals surface area contributed by atoms with E-state index in [2.05, 4.69) is 25.3 Å². The van der Waals surface area contributed by atoms with Gasteiger partial charge in [0.25, 0.3) is 0 Å². The number of hydrogen-bond donors (Lipinski definition) is 1. The highest BCUT2D eigenvalue weighted by Crippen LogP contribution is 2.33. The van der Waals surface area contributed by atoms with Crippen molar-refractivity contribution in [2.75, 3.05) is 0 Å². The molecule has 0 saturated heterocycles. The Hall–Kier alpha value is -3.75. The van der Waals surface area contributed by atoms with Crippen molar-refractivity contribution < 1.29 is 18.7 Å². The van der Waals surface area contributed by atoms with E-state index in [4.69, 9.17) is 4.74 Å². The van der Waals surface area contributed by atoms with Crippen LogP contribution in [-0.2, 0) is 16.0 Å². The molecule has 3 aromatic rings. The first-order valence-electron chi connectivity index (χ1n) is 11.5. The number of nitrogens with one attached hydrogen (secondary N) is 1. The summed E-state index contributed by atoms with van der Waals surface area (Å²) in [6.45, 7) is 10.7.